The highest BCUT2D eigenvalue weighted by molar-refractivity contribution is 7.86. The monoisotopic (exact) mass is 711 g/mol. The Kier molecular flexibility index (Phi) is 10.2. The van der Waals surface area contributed by atoms with E-state index in [9.17, 15) is 39.4 Å². The van der Waals surface area contributed by atoms with Crippen LogP contribution in [0.15, 0.2) is 42.5 Å². The molecule has 15 nitrogen and oxygen atoms in total. The smallest absolute Gasteiger partial charge is 0.269 e. The summed E-state index contributed by atoms with van der Waals surface area (Å²) >= 11 is 0. The van der Waals surface area contributed by atoms with Gasteiger partial charge < -0.3 is 10.6 Å². The van der Waals surface area contributed by atoms with Crippen molar-refractivity contribution in [1.82, 2.24) is 15.6 Å². The van der Waals surface area contributed by atoms with Crippen LogP contribution < -0.4 is 10.6 Å². The maximum atomic E-state index is 13.1. The van der Waals surface area contributed by atoms with E-state index in [2.05, 4.69) is 15.6 Å². The molecule has 0 aliphatic carbocycles. The van der Waals surface area contributed by atoms with Gasteiger partial charge in [-0.3, -0.25) is 23.2 Å². The fourth-order valence-corrected chi connectivity index (χ4v) is 6.65. The van der Waals surface area contributed by atoms with Gasteiger partial charge in [-0.25, -0.2) is 4.98 Å². The van der Waals surface area contributed by atoms with Crippen molar-refractivity contribution in [3.05, 3.63) is 59.4 Å². The van der Waals surface area contributed by atoms with E-state index < -0.39 is 77.9 Å². The summed E-state index contributed by atoms with van der Waals surface area (Å²) in [5, 5.41) is 6.17. The molecule has 0 saturated heterocycles. The Balaban J connectivity index is 1.86. The average Bonchev–Trinajstić information content (AvgIpc) is 3.14. The van der Waals surface area contributed by atoms with Crippen LogP contribution in [-0.2, 0) is 35.8 Å². The summed E-state index contributed by atoms with van der Waals surface area (Å²) in [4.78, 5) is 30.3. The van der Waals surface area contributed by atoms with Crippen LogP contribution in [0, 0.1) is 0 Å². The van der Waals surface area contributed by atoms with Crippen LogP contribution in [0.4, 0.5) is 5.69 Å². The Labute approximate surface area is 272 Å². The van der Waals surface area contributed by atoms with Crippen LogP contribution in [-0.4, -0.2) is 103 Å². The van der Waals surface area contributed by atoms with Gasteiger partial charge in [0.2, 0.25) is 5.69 Å². The first-order chi connectivity index (χ1) is 21.7. The molecule has 2 aromatic carbocycles. The third-order valence-corrected chi connectivity index (χ3v) is 10.2. The van der Waals surface area contributed by atoms with E-state index in [0.717, 1.165) is 22.3 Å². The third kappa shape index (κ3) is 8.76. The molecule has 0 atom stereocenters. The SMILES string of the molecule is CC1=[N+](CCCS(=O)(=O)O)c2c(cc(-c3cc(C(=O)NCCS(=O)(=O)O)nc(C(=O)NCCS(=O)(=O)O)c3)c3ccccc23)C1(C)C. The molecule has 0 fully saturated rings. The van der Waals surface area contributed by atoms with E-state index in [1.165, 1.54) is 12.1 Å². The highest BCUT2D eigenvalue weighted by atomic mass is 32.2. The number of hydrogen-bond donors (Lipinski definition) is 5. The van der Waals surface area contributed by atoms with E-state index >= 15 is 0 Å². The van der Waals surface area contributed by atoms with Crippen LogP contribution in [0.25, 0.3) is 21.9 Å². The van der Waals surface area contributed by atoms with Gasteiger partial charge in [-0.1, -0.05) is 18.2 Å². The molecule has 18 heteroatoms. The second-order valence-corrected chi connectivity index (χ2v) is 16.3. The molecule has 47 heavy (non-hydrogen) atoms. The second kappa shape index (κ2) is 13.4. The molecular weight excluding hydrogens is 677 g/mol. The number of fused-ring (bicyclic) bond motifs is 3. The number of aromatic nitrogens is 1. The molecule has 5 N–H and O–H groups in total. The first-order valence-corrected chi connectivity index (χ1v) is 19.1. The summed E-state index contributed by atoms with van der Waals surface area (Å²) in [7, 11) is -12.9. The summed E-state index contributed by atoms with van der Waals surface area (Å²) in [6, 6.07) is 12.1. The third-order valence-electron chi connectivity index (χ3n) is 7.95. The molecule has 0 radical (unpaired) electrons. The molecule has 1 aliphatic rings. The van der Waals surface area contributed by atoms with Crippen molar-refractivity contribution in [3.63, 3.8) is 0 Å². The highest BCUT2D eigenvalue weighted by Gasteiger charge is 2.44. The van der Waals surface area contributed by atoms with Crippen molar-refractivity contribution in [2.45, 2.75) is 32.6 Å². The van der Waals surface area contributed by atoms with Crippen LogP contribution in [0.2, 0.25) is 0 Å². The maximum absolute atomic E-state index is 13.1. The topological polar surface area (TPSA) is 237 Å². The Bertz CT molecular complexity index is 2060. The predicted molar refractivity (Wildman–Crippen MR) is 174 cm³/mol. The Morgan fingerprint density at radius 3 is 1.77 bits per heavy atom. The predicted octanol–water partition coefficient (Wildman–Crippen LogP) is 1.81. The van der Waals surface area contributed by atoms with Gasteiger partial charge in [-0.05, 0) is 54.6 Å². The minimum atomic E-state index is -4.38. The number of amides is 2. The molecule has 1 aliphatic heterocycles. The van der Waals surface area contributed by atoms with Crippen LogP contribution in [0.3, 0.4) is 0 Å². The van der Waals surface area contributed by atoms with Crippen LogP contribution in [0.5, 0.6) is 0 Å². The lowest BCUT2D eigenvalue weighted by Gasteiger charge is -2.18. The second-order valence-electron chi connectivity index (χ2n) is 11.6. The van der Waals surface area contributed by atoms with Crippen molar-refractivity contribution in [3.8, 4) is 11.1 Å². The fourth-order valence-electron chi connectivity index (χ4n) is 5.44. The lowest BCUT2D eigenvalue weighted by atomic mass is 9.79. The number of benzene rings is 2. The standard InChI is InChI=1S/C29H34N4O11S3/c1-18-29(2,3)23-17-22(20-7-4-5-8-21(20)26(23)33(18)11-6-12-45(36,37)38)19-15-24(27(34)30-9-13-46(39,40)41)32-25(16-19)28(35)31-10-14-47(42,43)44/h4-5,7-8,15-17H,6,9-14H2,1-3H3,(H4-,30,31,34,35,36,37,38,39,40,41,42,43,44)/p+1. The Morgan fingerprint density at radius 2 is 1.28 bits per heavy atom. The lowest BCUT2D eigenvalue weighted by Crippen LogP contribution is -2.32. The number of hydrogen-bond acceptors (Lipinski definition) is 9. The first-order valence-electron chi connectivity index (χ1n) is 14.3. The Hall–Kier alpha value is -3.81. The van der Waals surface area contributed by atoms with E-state index in [4.69, 9.17) is 9.11 Å². The molecule has 0 spiro atoms. The van der Waals surface area contributed by atoms with Crippen molar-refractivity contribution in [2.24, 2.45) is 0 Å². The molecule has 0 bridgehead atoms. The van der Waals surface area contributed by atoms with E-state index in [1.54, 1.807) is 6.07 Å². The summed E-state index contributed by atoms with van der Waals surface area (Å²) in [6.07, 6.45) is 0.165. The van der Waals surface area contributed by atoms with Crippen LogP contribution >= 0.6 is 0 Å². The molecule has 0 saturated carbocycles. The molecule has 1 aromatic heterocycles. The van der Waals surface area contributed by atoms with Crippen molar-refractivity contribution in [1.29, 1.82) is 0 Å². The van der Waals surface area contributed by atoms with Gasteiger partial charge in [0.05, 0.1) is 28.1 Å². The zero-order valence-electron chi connectivity index (χ0n) is 25.7. The zero-order chi connectivity index (χ0) is 34.9. The first kappa shape index (κ1) is 36.0. The lowest BCUT2D eigenvalue weighted by molar-refractivity contribution is -0.437. The molecule has 2 heterocycles. The fraction of sp³-hybridized carbons (Fsp3) is 0.379. The quantitative estimate of drug-likeness (QED) is 0.126. The van der Waals surface area contributed by atoms with Gasteiger partial charge in [-0.2, -0.15) is 29.8 Å². The van der Waals surface area contributed by atoms with Gasteiger partial charge in [0.25, 0.3) is 42.2 Å². The normalized spacial score (nSPS) is 14.7. The minimum Gasteiger partial charge on any atom is -0.350 e. The molecule has 2 amide bonds. The minimum absolute atomic E-state index is 0.165. The molecule has 0 unspecified atom stereocenters. The number of pyridine rings is 1. The van der Waals surface area contributed by atoms with Gasteiger partial charge in [0, 0.05) is 32.0 Å². The number of nitrogens with zero attached hydrogens (tertiary/aromatic N) is 2. The van der Waals surface area contributed by atoms with Crippen molar-refractivity contribution in [2.75, 3.05) is 36.9 Å². The Morgan fingerprint density at radius 1 is 0.787 bits per heavy atom. The summed E-state index contributed by atoms with van der Waals surface area (Å²) in [5.41, 5.74) is 2.52. The summed E-state index contributed by atoms with van der Waals surface area (Å²) in [5.74, 6) is -3.63. The number of carbonyl (C=O) groups is 2. The van der Waals surface area contributed by atoms with E-state index in [1.807, 2.05) is 49.6 Å². The largest absolute Gasteiger partial charge is 0.350 e. The molecular formula is C29H35N4O11S3+. The molecule has 254 valence electrons. The van der Waals surface area contributed by atoms with Crippen molar-refractivity contribution >= 4 is 64.3 Å². The highest BCUT2D eigenvalue weighted by Crippen LogP contribution is 2.47. The van der Waals surface area contributed by atoms with E-state index in [0.29, 0.717) is 23.1 Å². The number of carbonyl (C=O) groups excluding carboxylic acids is 2. The van der Waals surface area contributed by atoms with Gasteiger partial charge in [0.1, 0.15) is 17.9 Å². The summed E-state index contributed by atoms with van der Waals surface area (Å²) in [6.45, 7) is 5.34. The van der Waals surface area contributed by atoms with Crippen LogP contribution in [0.1, 0.15) is 53.7 Å². The number of rotatable bonds is 13. The van der Waals surface area contributed by atoms with Crippen molar-refractivity contribution < 1.29 is 53.1 Å². The average molecular weight is 712 g/mol. The number of nitrogens with one attached hydrogen (secondary N) is 2. The van der Waals surface area contributed by atoms with Gasteiger partial charge >= 0.3 is 0 Å². The zero-order valence-corrected chi connectivity index (χ0v) is 28.2. The van der Waals surface area contributed by atoms with Gasteiger partial charge in [0.15, 0.2) is 5.71 Å². The van der Waals surface area contributed by atoms with Gasteiger partial charge in [-0.15, -0.1) is 0 Å². The molecule has 4 rings (SSSR count). The maximum Gasteiger partial charge on any atom is 0.269 e. The summed E-state index contributed by atoms with van der Waals surface area (Å²) < 4.78 is 96.8. The molecule has 3 aromatic rings. The van der Waals surface area contributed by atoms with E-state index in [-0.39, 0.29) is 17.8 Å².